The molecule has 0 aliphatic heterocycles. The molecule has 1 aromatic rings. The van der Waals surface area contributed by atoms with E-state index < -0.39 is 53.5 Å². The summed E-state index contributed by atoms with van der Waals surface area (Å²) >= 11 is 0. The van der Waals surface area contributed by atoms with Crippen LogP contribution in [0.2, 0.25) is 0 Å². The smallest absolute Gasteiger partial charge is 0.408 e. The van der Waals surface area contributed by atoms with Crippen LogP contribution in [0.4, 0.5) is 9.59 Å². The molecule has 0 saturated heterocycles. The van der Waals surface area contributed by atoms with Crippen molar-refractivity contribution in [1.82, 2.24) is 10.6 Å². The van der Waals surface area contributed by atoms with Crippen LogP contribution >= 0.6 is 0 Å². The molecular formula is C24H34N2O8. The number of carbonyl (C=O) groups is 4. The number of benzene rings is 1. The lowest BCUT2D eigenvalue weighted by atomic mass is 10.1. The first-order valence-electron chi connectivity index (χ1n) is 11.3. The number of nitrogens with one attached hydrogen (secondary N) is 2. The van der Waals surface area contributed by atoms with Gasteiger partial charge < -0.3 is 29.6 Å². The van der Waals surface area contributed by atoms with Crippen LogP contribution in [0.3, 0.4) is 0 Å². The Morgan fingerprint density at radius 3 is 2.18 bits per heavy atom. The van der Waals surface area contributed by atoms with E-state index >= 15 is 0 Å². The van der Waals surface area contributed by atoms with Crippen molar-refractivity contribution in [3.63, 3.8) is 0 Å². The van der Waals surface area contributed by atoms with Crippen LogP contribution < -0.4 is 10.6 Å². The van der Waals surface area contributed by atoms with Crippen LogP contribution in [-0.4, -0.2) is 55.6 Å². The maximum Gasteiger partial charge on any atom is 0.408 e. The first-order valence-corrected chi connectivity index (χ1v) is 11.3. The van der Waals surface area contributed by atoms with E-state index in [-0.39, 0.29) is 26.4 Å². The molecule has 2 rings (SSSR count). The molecule has 188 valence electrons. The molecule has 4 atom stereocenters. The molecule has 0 aromatic heterocycles. The van der Waals surface area contributed by atoms with Crippen molar-refractivity contribution >= 4 is 24.1 Å². The second-order valence-electron chi connectivity index (χ2n) is 8.83. The van der Waals surface area contributed by atoms with E-state index in [4.69, 9.17) is 18.9 Å². The van der Waals surface area contributed by atoms with Gasteiger partial charge in [-0.15, -0.1) is 0 Å². The summed E-state index contributed by atoms with van der Waals surface area (Å²) in [5, 5.41) is 5.15. The normalized spacial score (nSPS) is 19.9. The number of rotatable bonds is 10. The Hall–Kier alpha value is -3.30. The highest BCUT2D eigenvalue weighted by Gasteiger charge is 2.62. The quantitative estimate of drug-likeness (QED) is 0.388. The fourth-order valence-electron chi connectivity index (χ4n) is 3.61. The van der Waals surface area contributed by atoms with Crippen LogP contribution in [0.5, 0.6) is 0 Å². The van der Waals surface area contributed by atoms with Gasteiger partial charge in [-0.25, -0.2) is 14.4 Å². The zero-order chi connectivity index (χ0) is 25.3. The molecule has 1 aliphatic carbocycles. The Morgan fingerprint density at radius 1 is 0.941 bits per heavy atom. The minimum atomic E-state index is -1.16. The number of hydrogen-bond acceptors (Lipinski definition) is 8. The lowest BCUT2D eigenvalue weighted by Gasteiger charge is -2.23. The lowest BCUT2D eigenvalue weighted by Crippen LogP contribution is -2.46. The van der Waals surface area contributed by atoms with Crippen LogP contribution in [-0.2, 0) is 35.1 Å². The number of ether oxygens (including phenoxy) is 4. The zero-order valence-electron chi connectivity index (χ0n) is 20.3. The van der Waals surface area contributed by atoms with Gasteiger partial charge in [-0.3, -0.25) is 4.79 Å². The van der Waals surface area contributed by atoms with Crippen molar-refractivity contribution in [1.29, 1.82) is 0 Å². The molecule has 1 aromatic carbocycles. The molecule has 10 nitrogen and oxygen atoms in total. The molecule has 2 N–H and O–H groups in total. The highest BCUT2D eigenvalue weighted by atomic mass is 16.6. The summed E-state index contributed by atoms with van der Waals surface area (Å²) in [7, 11) is 0. The van der Waals surface area contributed by atoms with Gasteiger partial charge in [0, 0.05) is 18.4 Å². The van der Waals surface area contributed by atoms with E-state index in [1.54, 1.807) is 34.6 Å². The Bertz CT molecular complexity index is 852. The largest absolute Gasteiger partial charge is 0.466 e. The van der Waals surface area contributed by atoms with Gasteiger partial charge in [-0.2, -0.15) is 0 Å². The Balaban J connectivity index is 2.06. The summed E-state index contributed by atoms with van der Waals surface area (Å²) in [6.07, 6.45) is -1.48. The molecule has 0 radical (unpaired) electrons. The number of alkyl carbamates (subject to hydrolysis) is 2. The molecule has 34 heavy (non-hydrogen) atoms. The van der Waals surface area contributed by atoms with Gasteiger partial charge in [0.15, 0.2) is 0 Å². The summed E-state index contributed by atoms with van der Waals surface area (Å²) in [6.45, 7) is 8.75. The fraction of sp³-hybridized carbons (Fsp3) is 0.583. The Labute approximate surface area is 199 Å². The standard InChI is InChI=1S/C24H34N2O8/c1-6-31-20(27)18-16(14-33-22(29)25-13-15-11-9-8-10-12-15)17(18)19(21(28)32-7-2)26-23(30)34-24(3,4)5/h8-12,16-19H,6-7,13-14H2,1-5H3,(H,25,29)(H,26,30). The predicted octanol–water partition coefficient (Wildman–Crippen LogP) is 2.79. The van der Waals surface area contributed by atoms with E-state index in [0.29, 0.717) is 0 Å². The summed E-state index contributed by atoms with van der Waals surface area (Å²) in [6, 6.07) is 8.14. The monoisotopic (exact) mass is 478 g/mol. The number of amides is 2. The molecule has 10 heteroatoms. The van der Waals surface area contributed by atoms with Gasteiger partial charge >= 0.3 is 24.1 Å². The van der Waals surface area contributed by atoms with Crippen molar-refractivity contribution in [2.24, 2.45) is 17.8 Å². The topological polar surface area (TPSA) is 129 Å². The molecule has 1 aliphatic rings. The van der Waals surface area contributed by atoms with Crippen molar-refractivity contribution < 1.29 is 38.1 Å². The molecule has 1 saturated carbocycles. The van der Waals surface area contributed by atoms with Gasteiger partial charge in [-0.05, 0) is 40.2 Å². The lowest BCUT2D eigenvalue weighted by molar-refractivity contribution is -0.147. The summed E-state index contributed by atoms with van der Waals surface area (Å²) in [5.74, 6) is -3.20. The predicted molar refractivity (Wildman–Crippen MR) is 122 cm³/mol. The van der Waals surface area contributed by atoms with E-state index in [9.17, 15) is 19.2 Å². The van der Waals surface area contributed by atoms with Crippen LogP contribution in [0.25, 0.3) is 0 Å². The van der Waals surface area contributed by atoms with E-state index in [1.807, 2.05) is 30.3 Å². The van der Waals surface area contributed by atoms with E-state index in [1.165, 1.54) is 0 Å². The molecule has 0 bridgehead atoms. The third-order valence-corrected chi connectivity index (χ3v) is 5.07. The zero-order valence-corrected chi connectivity index (χ0v) is 20.3. The SMILES string of the molecule is CCOC(=O)C(NC(=O)OC(C)(C)C)C1C(COC(=O)NCc2ccccc2)C1C(=O)OCC. The average molecular weight is 479 g/mol. The van der Waals surface area contributed by atoms with Gasteiger partial charge in [0.25, 0.3) is 0 Å². The Kier molecular flexibility index (Phi) is 9.70. The summed E-state index contributed by atoms with van der Waals surface area (Å²) in [5.41, 5.74) is 0.115. The van der Waals surface area contributed by atoms with Crippen LogP contribution in [0.1, 0.15) is 40.2 Å². The number of hydrogen-bond donors (Lipinski definition) is 2. The second kappa shape index (κ2) is 12.2. The third-order valence-electron chi connectivity index (χ3n) is 5.07. The van der Waals surface area contributed by atoms with Crippen LogP contribution in [0, 0.1) is 17.8 Å². The van der Waals surface area contributed by atoms with Crippen molar-refractivity contribution in [3.05, 3.63) is 35.9 Å². The summed E-state index contributed by atoms with van der Waals surface area (Å²) in [4.78, 5) is 49.7. The van der Waals surface area contributed by atoms with Gasteiger partial charge in [-0.1, -0.05) is 30.3 Å². The van der Waals surface area contributed by atoms with Gasteiger partial charge in [0.05, 0.1) is 25.7 Å². The number of carbonyl (C=O) groups excluding carboxylic acids is 4. The molecule has 1 fully saturated rings. The fourth-order valence-corrected chi connectivity index (χ4v) is 3.61. The first-order chi connectivity index (χ1) is 16.1. The minimum Gasteiger partial charge on any atom is -0.466 e. The van der Waals surface area contributed by atoms with E-state index in [2.05, 4.69) is 10.6 Å². The molecular weight excluding hydrogens is 444 g/mol. The van der Waals surface area contributed by atoms with Crippen LogP contribution in [0.15, 0.2) is 30.3 Å². The van der Waals surface area contributed by atoms with E-state index in [0.717, 1.165) is 5.56 Å². The molecule has 2 amide bonds. The maximum absolute atomic E-state index is 12.6. The third kappa shape index (κ3) is 8.24. The Morgan fingerprint density at radius 2 is 1.59 bits per heavy atom. The maximum atomic E-state index is 12.6. The summed E-state index contributed by atoms with van der Waals surface area (Å²) < 4.78 is 20.8. The molecule has 4 unspecified atom stereocenters. The van der Waals surface area contributed by atoms with Crippen molar-refractivity contribution in [2.45, 2.75) is 52.8 Å². The second-order valence-corrected chi connectivity index (χ2v) is 8.83. The highest BCUT2D eigenvalue weighted by Crippen LogP contribution is 2.50. The van der Waals surface area contributed by atoms with Crippen molar-refractivity contribution in [2.75, 3.05) is 19.8 Å². The highest BCUT2D eigenvalue weighted by molar-refractivity contribution is 5.85. The van der Waals surface area contributed by atoms with Gasteiger partial charge in [0.2, 0.25) is 0 Å². The first kappa shape index (κ1) is 26.9. The minimum absolute atomic E-state index is 0.0885. The molecule has 0 spiro atoms. The van der Waals surface area contributed by atoms with Gasteiger partial charge in [0.1, 0.15) is 11.6 Å². The molecule has 0 heterocycles. The average Bonchev–Trinajstić information content (AvgIpc) is 3.48. The van der Waals surface area contributed by atoms with Crippen molar-refractivity contribution in [3.8, 4) is 0 Å². The number of esters is 2.